The number of rotatable bonds is 11. The highest BCUT2D eigenvalue weighted by Gasteiger charge is 2.16. The number of carbonyl (C=O) groups is 1. The van der Waals surface area contributed by atoms with Crippen molar-refractivity contribution in [2.24, 2.45) is 0 Å². The number of para-hydroxylation sites is 2. The standard InChI is InChI=1S/C25H33NO5/c1-5-9-17(3)30-22-15-19(16-23(25(22)29)31-18(4)10-6-2)13-14-24(28)26-20-11-7-8-12-21(20)27/h7-8,11-18,27,29H,5-6,9-10H2,1-4H3,(H,26,28). The predicted octanol–water partition coefficient (Wildman–Crippen LogP) is 5.88. The molecule has 0 radical (unpaired) electrons. The zero-order chi connectivity index (χ0) is 22.8. The SMILES string of the molecule is CCCC(C)Oc1cc(C=CC(=O)Nc2ccccc2O)cc(OC(C)CCC)c1O. The average molecular weight is 428 g/mol. The number of carbonyl (C=O) groups excluding carboxylic acids is 1. The maximum atomic E-state index is 12.3. The van der Waals surface area contributed by atoms with Gasteiger partial charge in [-0.1, -0.05) is 38.8 Å². The lowest BCUT2D eigenvalue weighted by Crippen LogP contribution is -2.13. The molecule has 0 saturated carbocycles. The fraction of sp³-hybridized carbons (Fsp3) is 0.400. The molecule has 2 aromatic carbocycles. The van der Waals surface area contributed by atoms with Gasteiger partial charge in [-0.25, -0.2) is 0 Å². The number of benzene rings is 2. The maximum absolute atomic E-state index is 12.3. The van der Waals surface area contributed by atoms with Gasteiger partial charge in [-0.2, -0.15) is 0 Å². The Labute approximate surface area is 184 Å². The zero-order valence-corrected chi connectivity index (χ0v) is 18.7. The van der Waals surface area contributed by atoms with Crippen molar-refractivity contribution in [3.05, 3.63) is 48.0 Å². The van der Waals surface area contributed by atoms with Crippen molar-refractivity contribution in [3.8, 4) is 23.0 Å². The van der Waals surface area contributed by atoms with Gasteiger partial charge in [0.25, 0.3) is 0 Å². The van der Waals surface area contributed by atoms with E-state index in [1.54, 1.807) is 36.4 Å². The number of amides is 1. The molecule has 0 heterocycles. The number of phenols is 2. The molecule has 0 aliphatic carbocycles. The minimum Gasteiger partial charge on any atom is -0.506 e. The second kappa shape index (κ2) is 11.9. The normalized spacial score (nSPS) is 13.0. The number of phenolic OH excluding ortho intramolecular Hbond substituents is 2. The molecule has 3 N–H and O–H groups in total. The summed E-state index contributed by atoms with van der Waals surface area (Å²) < 4.78 is 11.9. The van der Waals surface area contributed by atoms with E-state index < -0.39 is 5.91 Å². The van der Waals surface area contributed by atoms with Crippen LogP contribution in [-0.4, -0.2) is 28.3 Å². The highest BCUT2D eigenvalue weighted by molar-refractivity contribution is 6.02. The van der Waals surface area contributed by atoms with Crippen LogP contribution in [0.2, 0.25) is 0 Å². The van der Waals surface area contributed by atoms with E-state index in [1.165, 1.54) is 12.1 Å². The second-order valence-corrected chi connectivity index (χ2v) is 7.64. The molecule has 1 amide bonds. The Kier molecular flexibility index (Phi) is 9.25. The zero-order valence-electron chi connectivity index (χ0n) is 18.7. The summed E-state index contributed by atoms with van der Waals surface area (Å²) in [6.07, 6.45) is 6.47. The predicted molar refractivity (Wildman–Crippen MR) is 124 cm³/mol. The third-order valence-electron chi connectivity index (χ3n) is 4.70. The van der Waals surface area contributed by atoms with E-state index in [0.29, 0.717) is 22.7 Å². The van der Waals surface area contributed by atoms with Gasteiger partial charge in [0, 0.05) is 6.08 Å². The summed E-state index contributed by atoms with van der Waals surface area (Å²) in [5, 5.41) is 23.1. The Bertz CT molecular complexity index is 858. The molecule has 0 bridgehead atoms. The summed E-state index contributed by atoms with van der Waals surface area (Å²) in [5.41, 5.74) is 0.986. The molecule has 2 aromatic rings. The first-order valence-electron chi connectivity index (χ1n) is 10.8. The van der Waals surface area contributed by atoms with Crippen molar-refractivity contribution in [2.45, 2.75) is 65.6 Å². The molecule has 168 valence electrons. The highest BCUT2D eigenvalue weighted by Crippen LogP contribution is 2.39. The molecule has 2 atom stereocenters. The van der Waals surface area contributed by atoms with Crippen LogP contribution >= 0.6 is 0 Å². The fourth-order valence-electron chi connectivity index (χ4n) is 3.17. The molecule has 2 rings (SSSR count). The monoisotopic (exact) mass is 427 g/mol. The van der Waals surface area contributed by atoms with Crippen LogP contribution in [0.25, 0.3) is 6.08 Å². The van der Waals surface area contributed by atoms with Crippen molar-refractivity contribution in [3.63, 3.8) is 0 Å². The number of anilines is 1. The van der Waals surface area contributed by atoms with E-state index in [1.807, 2.05) is 13.8 Å². The van der Waals surface area contributed by atoms with Gasteiger partial charge in [0.15, 0.2) is 11.5 Å². The molecular formula is C25H33NO5. The van der Waals surface area contributed by atoms with Gasteiger partial charge in [-0.3, -0.25) is 4.79 Å². The average Bonchev–Trinajstić information content (AvgIpc) is 2.71. The van der Waals surface area contributed by atoms with Gasteiger partial charge in [0.1, 0.15) is 5.75 Å². The van der Waals surface area contributed by atoms with Crippen LogP contribution in [0.1, 0.15) is 58.9 Å². The molecule has 0 spiro atoms. The van der Waals surface area contributed by atoms with Crippen LogP contribution in [-0.2, 0) is 4.79 Å². The van der Waals surface area contributed by atoms with Gasteiger partial charge in [0.05, 0.1) is 17.9 Å². The molecule has 0 saturated heterocycles. The first-order chi connectivity index (χ1) is 14.8. The van der Waals surface area contributed by atoms with Crippen molar-refractivity contribution < 1.29 is 24.5 Å². The van der Waals surface area contributed by atoms with Crippen molar-refractivity contribution in [2.75, 3.05) is 5.32 Å². The van der Waals surface area contributed by atoms with Gasteiger partial charge in [0.2, 0.25) is 11.7 Å². The molecule has 0 aliphatic rings. The van der Waals surface area contributed by atoms with Crippen LogP contribution in [0.15, 0.2) is 42.5 Å². The van der Waals surface area contributed by atoms with Crippen molar-refractivity contribution in [1.82, 2.24) is 0 Å². The Morgan fingerprint density at radius 2 is 1.55 bits per heavy atom. The van der Waals surface area contributed by atoms with Crippen LogP contribution in [0.5, 0.6) is 23.0 Å². The number of ether oxygens (including phenoxy) is 2. The highest BCUT2D eigenvalue weighted by atomic mass is 16.5. The second-order valence-electron chi connectivity index (χ2n) is 7.64. The van der Waals surface area contributed by atoms with Crippen LogP contribution in [0.3, 0.4) is 0 Å². The first kappa shape index (κ1) is 24.1. The molecule has 6 nitrogen and oxygen atoms in total. The molecule has 0 fully saturated rings. The molecule has 31 heavy (non-hydrogen) atoms. The Morgan fingerprint density at radius 1 is 1.00 bits per heavy atom. The summed E-state index contributed by atoms with van der Waals surface area (Å²) >= 11 is 0. The van der Waals surface area contributed by atoms with Crippen LogP contribution < -0.4 is 14.8 Å². The molecule has 2 unspecified atom stereocenters. The van der Waals surface area contributed by atoms with Gasteiger partial charge >= 0.3 is 0 Å². The third kappa shape index (κ3) is 7.55. The van der Waals surface area contributed by atoms with Crippen LogP contribution in [0, 0.1) is 0 Å². The summed E-state index contributed by atoms with van der Waals surface area (Å²) in [7, 11) is 0. The lowest BCUT2D eigenvalue weighted by atomic mass is 10.1. The fourth-order valence-corrected chi connectivity index (χ4v) is 3.17. The molecule has 6 heteroatoms. The van der Waals surface area contributed by atoms with Crippen molar-refractivity contribution in [1.29, 1.82) is 0 Å². The van der Waals surface area contributed by atoms with Gasteiger partial charge < -0.3 is 25.0 Å². The quantitative estimate of drug-likeness (QED) is 0.308. The van der Waals surface area contributed by atoms with Crippen LogP contribution in [0.4, 0.5) is 5.69 Å². The van der Waals surface area contributed by atoms with E-state index in [2.05, 4.69) is 19.2 Å². The van der Waals surface area contributed by atoms with Gasteiger partial charge in [-0.15, -0.1) is 0 Å². The third-order valence-corrected chi connectivity index (χ3v) is 4.70. The smallest absolute Gasteiger partial charge is 0.248 e. The Hall–Kier alpha value is -3.15. The summed E-state index contributed by atoms with van der Waals surface area (Å²) in [4.78, 5) is 12.3. The van der Waals surface area contributed by atoms with E-state index in [4.69, 9.17) is 9.47 Å². The summed E-state index contributed by atoms with van der Waals surface area (Å²) in [6, 6.07) is 9.89. The van der Waals surface area contributed by atoms with Crippen molar-refractivity contribution >= 4 is 17.7 Å². The lowest BCUT2D eigenvalue weighted by Gasteiger charge is -2.20. The molecule has 0 aromatic heterocycles. The summed E-state index contributed by atoms with van der Waals surface area (Å²) in [6.45, 7) is 8.04. The molecule has 0 aliphatic heterocycles. The molecular weight excluding hydrogens is 394 g/mol. The van der Waals surface area contributed by atoms with E-state index >= 15 is 0 Å². The number of nitrogens with one attached hydrogen (secondary N) is 1. The Morgan fingerprint density at radius 3 is 2.06 bits per heavy atom. The minimum absolute atomic E-state index is 0.00456. The number of hydrogen-bond donors (Lipinski definition) is 3. The largest absolute Gasteiger partial charge is 0.506 e. The lowest BCUT2D eigenvalue weighted by molar-refractivity contribution is -0.111. The topological polar surface area (TPSA) is 88.0 Å². The number of aromatic hydroxyl groups is 2. The number of hydrogen-bond acceptors (Lipinski definition) is 5. The minimum atomic E-state index is -0.391. The van der Waals surface area contributed by atoms with E-state index in [-0.39, 0.29) is 23.7 Å². The Balaban J connectivity index is 2.26. The summed E-state index contributed by atoms with van der Waals surface area (Å²) in [5.74, 6) is 0.209. The van der Waals surface area contributed by atoms with E-state index in [9.17, 15) is 15.0 Å². The van der Waals surface area contributed by atoms with Gasteiger partial charge in [-0.05, 0) is 62.6 Å². The van der Waals surface area contributed by atoms with E-state index in [0.717, 1.165) is 25.7 Å². The first-order valence-corrected chi connectivity index (χ1v) is 10.8. The maximum Gasteiger partial charge on any atom is 0.248 e.